The van der Waals surface area contributed by atoms with Crippen LogP contribution in [0, 0.1) is 6.92 Å². The van der Waals surface area contributed by atoms with E-state index >= 15 is 0 Å². The number of aromatic amines is 1. The highest BCUT2D eigenvalue weighted by Crippen LogP contribution is 2.20. The Morgan fingerprint density at radius 2 is 1.43 bits per heavy atom. The van der Waals surface area contributed by atoms with Crippen LogP contribution in [0.4, 0.5) is 11.8 Å². The fourth-order valence-corrected chi connectivity index (χ4v) is 3.06. The maximum Gasteiger partial charge on any atom is 0.276 e. The van der Waals surface area contributed by atoms with Crippen LogP contribution >= 0.6 is 0 Å². The molecule has 9 nitrogen and oxygen atoms in total. The molecule has 0 saturated heterocycles. The maximum absolute atomic E-state index is 11.4. The molecule has 4 heterocycles. The second-order valence-corrected chi connectivity index (χ2v) is 7.30. The molecule has 0 atom stereocenters. The zero-order valence-corrected chi connectivity index (χ0v) is 16.8. The molecule has 0 aliphatic carbocycles. The van der Waals surface area contributed by atoms with Crippen LogP contribution < -0.4 is 17.0 Å². The molecule has 0 aliphatic heterocycles. The number of hydrogen-bond acceptors (Lipinski definition) is 6. The predicted octanol–water partition coefficient (Wildman–Crippen LogP) is 2.47. The zero-order chi connectivity index (χ0) is 20.6. The molecule has 0 spiro atoms. The Hall–Kier alpha value is -3.36. The van der Waals surface area contributed by atoms with E-state index in [4.69, 9.17) is 11.5 Å². The minimum absolute atomic E-state index is 0.139. The number of aromatic nitrogens is 6. The molecule has 28 heavy (non-hydrogen) atoms. The van der Waals surface area contributed by atoms with Crippen LogP contribution in [0.5, 0.6) is 0 Å². The number of anilines is 2. The van der Waals surface area contributed by atoms with Gasteiger partial charge in [-0.2, -0.15) is 5.10 Å². The minimum atomic E-state index is -0.204. The van der Waals surface area contributed by atoms with Crippen molar-refractivity contribution in [1.82, 2.24) is 29.2 Å². The van der Waals surface area contributed by atoms with Gasteiger partial charge in [0.25, 0.3) is 5.56 Å². The number of nitrogens with zero attached hydrogens (tertiary/aromatic N) is 5. The smallest absolute Gasteiger partial charge is 0.276 e. The Morgan fingerprint density at radius 1 is 0.893 bits per heavy atom. The summed E-state index contributed by atoms with van der Waals surface area (Å²) in [5.74, 6) is 2.13. The van der Waals surface area contributed by atoms with Gasteiger partial charge in [0.05, 0.1) is 0 Å². The van der Waals surface area contributed by atoms with Crippen LogP contribution in [0.2, 0.25) is 0 Å². The van der Waals surface area contributed by atoms with Gasteiger partial charge in [-0.3, -0.25) is 9.78 Å². The van der Waals surface area contributed by atoms with Crippen LogP contribution in [-0.2, 0) is 0 Å². The molecule has 4 rings (SSSR count). The molecule has 0 radical (unpaired) electrons. The molecular weight excluding hydrogens is 356 g/mol. The second kappa shape index (κ2) is 7.34. The Morgan fingerprint density at radius 3 is 2.00 bits per heavy atom. The topological polar surface area (TPSA) is 132 Å². The van der Waals surface area contributed by atoms with Gasteiger partial charge in [0, 0.05) is 11.4 Å². The molecule has 148 valence electrons. The van der Waals surface area contributed by atoms with Crippen LogP contribution in [0.3, 0.4) is 0 Å². The quantitative estimate of drug-likeness (QED) is 0.488. The van der Waals surface area contributed by atoms with Crippen molar-refractivity contribution >= 4 is 22.8 Å². The van der Waals surface area contributed by atoms with Crippen LogP contribution in [0.15, 0.2) is 29.1 Å². The van der Waals surface area contributed by atoms with E-state index in [0.29, 0.717) is 29.0 Å². The standard InChI is InChI=1S/C10H14N4.C9H12N4O/c1-6(2)8-4-5-9-10(11)12-7(3)13-14(8)9;1-5(2)6-3-4-7-8(14)11-9(10)12-13(6)7/h4-6H,1-3H3,(H2,11,12,13);3-5H,1-2H3,(H3,10,11,12,14). The third-order valence-corrected chi connectivity index (χ3v) is 4.42. The fraction of sp³-hybridized carbons (Fsp3) is 0.368. The van der Waals surface area contributed by atoms with Crippen molar-refractivity contribution in [2.24, 2.45) is 0 Å². The normalized spacial score (nSPS) is 11.4. The van der Waals surface area contributed by atoms with E-state index in [1.54, 1.807) is 10.6 Å². The first-order valence-corrected chi connectivity index (χ1v) is 9.18. The third-order valence-electron chi connectivity index (χ3n) is 4.42. The summed E-state index contributed by atoms with van der Waals surface area (Å²) in [6.07, 6.45) is 0. The summed E-state index contributed by atoms with van der Waals surface area (Å²) in [6, 6.07) is 7.65. The first kappa shape index (κ1) is 19.4. The number of nitrogen functional groups attached to an aromatic ring is 2. The number of rotatable bonds is 2. The van der Waals surface area contributed by atoms with Crippen molar-refractivity contribution < 1.29 is 0 Å². The van der Waals surface area contributed by atoms with Gasteiger partial charge in [-0.25, -0.2) is 14.0 Å². The average molecular weight is 382 g/mol. The highest BCUT2D eigenvalue weighted by Gasteiger charge is 2.10. The Labute approximate surface area is 162 Å². The van der Waals surface area contributed by atoms with E-state index in [9.17, 15) is 4.79 Å². The van der Waals surface area contributed by atoms with Gasteiger partial charge in [-0.1, -0.05) is 27.7 Å². The predicted molar refractivity (Wildman–Crippen MR) is 111 cm³/mol. The number of aryl methyl sites for hydroxylation is 1. The average Bonchev–Trinajstić information content (AvgIpc) is 3.19. The lowest BCUT2D eigenvalue weighted by molar-refractivity contribution is 0.740. The van der Waals surface area contributed by atoms with E-state index in [-0.39, 0.29) is 11.5 Å². The lowest BCUT2D eigenvalue weighted by Gasteiger charge is -2.06. The number of H-pyrrole nitrogens is 1. The number of nitrogens with one attached hydrogen (secondary N) is 1. The summed E-state index contributed by atoms with van der Waals surface area (Å²) in [4.78, 5) is 18.0. The zero-order valence-electron chi connectivity index (χ0n) is 16.8. The van der Waals surface area contributed by atoms with Crippen molar-refractivity contribution in [2.45, 2.75) is 46.5 Å². The van der Waals surface area contributed by atoms with Gasteiger partial charge in [0.2, 0.25) is 5.95 Å². The Bertz CT molecular complexity index is 1180. The van der Waals surface area contributed by atoms with Crippen molar-refractivity contribution in [2.75, 3.05) is 11.5 Å². The molecule has 5 N–H and O–H groups in total. The summed E-state index contributed by atoms with van der Waals surface area (Å²) in [5.41, 5.74) is 14.6. The molecule has 0 bridgehead atoms. The van der Waals surface area contributed by atoms with E-state index in [2.05, 4.69) is 34.0 Å². The number of nitrogens with two attached hydrogens (primary N) is 2. The Kier molecular flexibility index (Phi) is 5.08. The first-order chi connectivity index (χ1) is 13.2. The first-order valence-electron chi connectivity index (χ1n) is 9.18. The number of hydrogen-bond donors (Lipinski definition) is 3. The summed E-state index contributed by atoms with van der Waals surface area (Å²) >= 11 is 0. The molecule has 0 saturated carbocycles. The molecule has 0 fully saturated rings. The van der Waals surface area contributed by atoms with Crippen LogP contribution in [0.25, 0.3) is 11.0 Å². The van der Waals surface area contributed by atoms with E-state index in [1.807, 2.05) is 43.5 Å². The van der Waals surface area contributed by atoms with Crippen molar-refractivity contribution in [3.63, 3.8) is 0 Å². The third kappa shape index (κ3) is 3.55. The molecular formula is C19H26N8O. The SMILES string of the molecule is CC(C)c1ccc2c(=O)[nH]c(N)nn12.Cc1nc(N)c2ccc(C(C)C)n2n1. The van der Waals surface area contributed by atoms with Crippen molar-refractivity contribution in [1.29, 1.82) is 0 Å². The Balaban J connectivity index is 0.000000161. The molecule has 0 aromatic carbocycles. The van der Waals surface area contributed by atoms with E-state index in [1.165, 1.54) is 0 Å². The van der Waals surface area contributed by atoms with Gasteiger partial charge in [0.15, 0.2) is 5.82 Å². The molecule has 4 aromatic rings. The lowest BCUT2D eigenvalue weighted by atomic mass is 10.1. The maximum atomic E-state index is 11.4. The van der Waals surface area contributed by atoms with E-state index in [0.717, 1.165) is 16.9 Å². The van der Waals surface area contributed by atoms with Crippen molar-refractivity contribution in [3.05, 3.63) is 51.8 Å². The summed E-state index contributed by atoms with van der Waals surface area (Å²) in [6.45, 7) is 10.2. The highest BCUT2D eigenvalue weighted by molar-refractivity contribution is 5.65. The van der Waals surface area contributed by atoms with Gasteiger partial charge >= 0.3 is 0 Å². The molecule has 0 unspecified atom stereocenters. The summed E-state index contributed by atoms with van der Waals surface area (Å²) in [7, 11) is 0. The minimum Gasteiger partial charge on any atom is -0.382 e. The van der Waals surface area contributed by atoms with Crippen molar-refractivity contribution in [3.8, 4) is 0 Å². The molecule has 9 heteroatoms. The number of fused-ring (bicyclic) bond motifs is 2. The molecule has 4 aromatic heterocycles. The van der Waals surface area contributed by atoms with Gasteiger partial charge < -0.3 is 11.5 Å². The van der Waals surface area contributed by atoms with Crippen LogP contribution in [0.1, 0.15) is 56.7 Å². The molecule has 0 amide bonds. The van der Waals surface area contributed by atoms with Gasteiger partial charge in [-0.15, -0.1) is 5.10 Å². The van der Waals surface area contributed by atoms with Crippen LogP contribution in [-0.4, -0.2) is 29.2 Å². The van der Waals surface area contributed by atoms with E-state index < -0.39 is 0 Å². The van der Waals surface area contributed by atoms with Gasteiger partial charge in [-0.05, 0) is 43.0 Å². The summed E-state index contributed by atoms with van der Waals surface area (Å²) < 4.78 is 3.47. The summed E-state index contributed by atoms with van der Waals surface area (Å²) in [5, 5.41) is 8.40. The lowest BCUT2D eigenvalue weighted by Crippen LogP contribution is -2.16. The second-order valence-electron chi connectivity index (χ2n) is 7.30. The fourth-order valence-electron chi connectivity index (χ4n) is 3.06. The highest BCUT2D eigenvalue weighted by atomic mass is 16.1. The molecule has 0 aliphatic rings. The monoisotopic (exact) mass is 382 g/mol. The van der Waals surface area contributed by atoms with Gasteiger partial charge in [0.1, 0.15) is 16.9 Å². The largest absolute Gasteiger partial charge is 0.382 e.